The van der Waals surface area contributed by atoms with Gasteiger partial charge in [-0.2, -0.15) is 0 Å². The largest absolute Gasteiger partial charge is 0.310 e. The number of hydrogen-bond donors (Lipinski definition) is 0. The highest BCUT2D eigenvalue weighted by atomic mass is 15.1. The van der Waals surface area contributed by atoms with Crippen molar-refractivity contribution < 1.29 is 0 Å². The van der Waals surface area contributed by atoms with Crippen molar-refractivity contribution >= 4 is 17.1 Å². The van der Waals surface area contributed by atoms with E-state index in [-0.39, 0.29) is 0 Å². The molecule has 1 heteroatoms. The van der Waals surface area contributed by atoms with Gasteiger partial charge in [0.05, 0.1) is 0 Å². The smallest absolute Gasteiger partial charge is 0.0491 e. The molecule has 0 unspecified atom stereocenters. The molecule has 0 N–H and O–H groups in total. The lowest BCUT2D eigenvalue weighted by Crippen LogP contribution is -2.11. The third-order valence-electron chi connectivity index (χ3n) is 6.02. The lowest BCUT2D eigenvalue weighted by molar-refractivity contribution is 1.24. The molecule has 33 heavy (non-hydrogen) atoms. The molecule has 0 heterocycles. The summed E-state index contributed by atoms with van der Waals surface area (Å²) >= 11 is 0. The Hall–Kier alpha value is -4.10. The molecule has 0 radical (unpaired) electrons. The van der Waals surface area contributed by atoms with E-state index in [1.165, 1.54) is 39.1 Å². The van der Waals surface area contributed by atoms with Crippen LogP contribution in [0, 0.1) is 13.8 Å². The molecular weight excluding hydrogens is 398 g/mol. The molecule has 0 aliphatic heterocycles. The summed E-state index contributed by atoms with van der Waals surface area (Å²) in [5, 5.41) is 0. The van der Waals surface area contributed by atoms with E-state index in [0.717, 1.165) is 11.4 Å². The molecule has 0 amide bonds. The summed E-state index contributed by atoms with van der Waals surface area (Å²) in [6.07, 6.45) is 0. The van der Waals surface area contributed by atoms with Gasteiger partial charge in [-0.25, -0.2) is 0 Å². The molecule has 5 aromatic carbocycles. The lowest BCUT2D eigenvalue weighted by Gasteiger charge is -2.28. The summed E-state index contributed by atoms with van der Waals surface area (Å²) < 4.78 is 0. The molecule has 5 rings (SSSR count). The van der Waals surface area contributed by atoms with Crippen molar-refractivity contribution in [1.82, 2.24) is 0 Å². The number of anilines is 3. The van der Waals surface area contributed by atoms with Crippen molar-refractivity contribution in [3.63, 3.8) is 0 Å². The molecule has 0 spiro atoms. The van der Waals surface area contributed by atoms with E-state index < -0.39 is 0 Å². The SMILES string of the molecule is Cc1cccc(N(c2cccc(-c3ccccc3)c2)c2ccc(-c3ccccc3)cc2C)c1. The van der Waals surface area contributed by atoms with Crippen molar-refractivity contribution in [2.45, 2.75) is 13.8 Å². The Labute approximate surface area is 196 Å². The Kier molecular flexibility index (Phi) is 5.78. The van der Waals surface area contributed by atoms with E-state index in [1.54, 1.807) is 0 Å². The van der Waals surface area contributed by atoms with Gasteiger partial charge in [0.25, 0.3) is 0 Å². The van der Waals surface area contributed by atoms with Gasteiger partial charge in [0.2, 0.25) is 0 Å². The van der Waals surface area contributed by atoms with Gasteiger partial charge in [-0.3, -0.25) is 0 Å². The first-order chi connectivity index (χ1) is 16.2. The van der Waals surface area contributed by atoms with Gasteiger partial charge in [0, 0.05) is 17.1 Å². The zero-order chi connectivity index (χ0) is 22.6. The van der Waals surface area contributed by atoms with Gasteiger partial charge in [0.15, 0.2) is 0 Å². The molecule has 0 fully saturated rings. The van der Waals surface area contributed by atoms with E-state index in [9.17, 15) is 0 Å². The number of benzene rings is 5. The minimum Gasteiger partial charge on any atom is -0.310 e. The van der Waals surface area contributed by atoms with Crippen LogP contribution in [0.2, 0.25) is 0 Å². The van der Waals surface area contributed by atoms with Crippen molar-refractivity contribution in [3.05, 3.63) is 139 Å². The number of nitrogens with zero attached hydrogens (tertiary/aromatic N) is 1. The standard InChI is InChI=1S/C32H27N/c1-24-11-9-17-30(21-24)33(31-18-10-16-28(23-31)26-12-5-3-6-13-26)32-20-19-29(22-25(32)2)27-14-7-4-8-15-27/h3-23H,1-2H3. The third kappa shape index (κ3) is 4.44. The highest BCUT2D eigenvalue weighted by Crippen LogP contribution is 2.39. The molecule has 0 atom stereocenters. The molecule has 5 aromatic rings. The fourth-order valence-electron chi connectivity index (χ4n) is 4.37. The van der Waals surface area contributed by atoms with Crippen LogP contribution in [0.4, 0.5) is 17.1 Å². The van der Waals surface area contributed by atoms with E-state index in [4.69, 9.17) is 0 Å². The summed E-state index contributed by atoms with van der Waals surface area (Å²) in [5.41, 5.74) is 10.9. The summed E-state index contributed by atoms with van der Waals surface area (Å²) in [5.74, 6) is 0. The Morgan fingerprint density at radius 2 is 0.970 bits per heavy atom. The molecule has 0 saturated carbocycles. The molecule has 0 saturated heterocycles. The minimum atomic E-state index is 1.15. The van der Waals surface area contributed by atoms with E-state index in [1.807, 2.05) is 0 Å². The molecule has 0 aromatic heterocycles. The molecular formula is C32H27N. The first-order valence-electron chi connectivity index (χ1n) is 11.4. The third-order valence-corrected chi connectivity index (χ3v) is 6.02. The fraction of sp³-hybridized carbons (Fsp3) is 0.0625. The maximum Gasteiger partial charge on any atom is 0.0491 e. The van der Waals surface area contributed by atoms with Crippen LogP contribution in [0.25, 0.3) is 22.3 Å². The maximum absolute atomic E-state index is 2.36. The Bertz CT molecular complexity index is 1370. The predicted molar refractivity (Wildman–Crippen MR) is 141 cm³/mol. The predicted octanol–water partition coefficient (Wildman–Crippen LogP) is 9.11. The van der Waals surface area contributed by atoms with Crippen LogP contribution in [0.1, 0.15) is 11.1 Å². The second kappa shape index (κ2) is 9.18. The van der Waals surface area contributed by atoms with Crippen molar-refractivity contribution in [2.24, 2.45) is 0 Å². The van der Waals surface area contributed by atoms with Gasteiger partial charge in [-0.05, 0) is 83.6 Å². The summed E-state index contributed by atoms with van der Waals surface area (Å²) in [6, 6.07) is 45.4. The van der Waals surface area contributed by atoms with Crippen LogP contribution < -0.4 is 4.90 Å². The van der Waals surface area contributed by atoms with Crippen LogP contribution in [-0.2, 0) is 0 Å². The van der Waals surface area contributed by atoms with Gasteiger partial charge in [0.1, 0.15) is 0 Å². The Morgan fingerprint density at radius 3 is 1.58 bits per heavy atom. The van der Waals surface area contributed by atoms with Gasteiger partial charge < -0.3 is 4.90 Å². The Morgan fingerprint density at radius 1 is 0.424 bits per heavy atom. The van der Waals surface area contributed by atoms with Crippen LogP contribution in [-0.4, -0.2) is 0 Å². The van der Waals surface area contributed by atoms with Crippen molar-refractivity contribution in [3.8, 4) is 22.3 Å². The summed E-state index contributed by atoms with van der Waals surface area (Å²) in [6.45, 7) is 4.35. The van der Waals surface area contributed by atoms with Crippen LogP contribution in [0.15, 0.2) is 127 Å². The fourth-order valence-corrected chi connectivity index (χ4v) is 4.37. The van der Waals surface area contributed by atoms with Crippen molar-refractivity contribution in [1.29, 1.82) is 0 Å². The maximum atomic E-state index is 2.36. The lowest BCUT2D eigenvalue weighted by atomic mass is 10.0. The normalized spacial score (nSPS) is 10.7. The van der Waals surface area contributed by atoms with Crippen LogP contribution in [0.3, 0.4) is 0 Å². The zero-order valence-corrected chi connectivity index (χ0v) is 19.1. The van der Waals surface area contributed by atoms with Gasteiger partial charge in [-0.1, -0.05) is 91.0 Å². The first-order valence-corrected chi connectivity index (χ1v) is 11.4. The average Bonchev–Trinajstić information content (AvgIpc) is 2.86. The second-order valence-corrected chi connectivity index (χ2v) is 8.46. The van der Waals surface area contributed by atoms with E-state index >= 15 is 0 Å². The minimum absolute atomic E-state index is 1.15. The molecule has 0 aliphatic rings. The summed E-state index contributed by atoms with van der Waals surface area (Å²) in [4.78, 5) is 2.36. The second-order valence-electron chi connectivity index (χ2n) is 8.46. The number of rotatable bonds is 5. The zero-order valence-electron chi connectivity index (χ0n) is 19.1. The first kappa shape index (κ1) is 20.8. The molecule has 0 bridgehead atoms. The quantitative estimate of drug-likeness (QED) is 0.271. The number of hydrogen-bond acceptors (Lipinski definition) is 1. The topological polar surface area (TPSA) is 3.24 Å². The Balaban J connectivity index is 1.64. The van der Waals surface area contributed by atoms with Crippen LogP contribution >= 0.6 is 0 Å². The van der Waals surface area contributed by atoms with Gasteiger partial charge >= 0.3 is 0 Å². The van der Waals surface area contributed by atoms with E-state index in [2.05, 4.69) is 146 Å². The average molecular weight is 426 g/mol. The monoisotopic (exact) mass is 425 g/mol. The van der Waals surface area contributed by atoms with E-state index in [0.29, 0.717) is 0 Å². The van der Waals surface area contributed by atoms with Crippen molar-refractivity contribution in [2.75, 3.05) is 4.90 Å². The number of aryl methyl sites for hydroxylation is 2. The summed E-state index contributed by atoms with van der Waals surface area (Å²) in [7, 11) is 0. The molecule has 160 valence electrons. The highest BCUT2D eigenvalue weighted by molar-refractivity contribution is 5.82. The molecule has 1 nitrogen and oxygen atoms in total. The van der Waals surface area contributed by atoms with Gasteiger partial charge in [-0.15, -0.1) is 0 Å². The molecule has 0 aliphatic carbocycles. The highest BCUT2D eigenvalue weighted by Gasteiger charge is 2.16. The van der Waals surface area contributed by atoms with Crippen LogP contribution in [0.5, 0.6) is 0 Å².